The summed E-state index contributed by atoms with van der Waals surface area (Å²) in [6.07, 6.45) is 0. The number of nitrogens with one attached hydrogen (secondary N) is 1. The van der Waals surface area contributed by atoms with Crippen molar-refractivity contribution in [3.05, 3.63) is 34.7 Å². The highest BCUT2D eigenvalue weighted by molar-refractivity contribution is 7.17. The molecule has 0 unspecified atom stereocenters. The summed E-state index contributed by atoms with van der Waals surface area (Å²) in [5.74, 6) is -1.40. The average Bonchev–Trinajstić information content (AvgIpc) is 2.82. The molecule has 2 aromatic rings. The summed E-state index contributed by atoms with van der Waals surface area (Å²) in [6, 6.07) is 7.36. The molecule has 0 aliphatic heterocycles. The van der Waals surface area contributed by atoms with Gasteiger partial charge in [0.25, 0.3) is 0 Å². The molecule has 0 saturated heterocycles. The number of hydrogen-bond donors (Lipinski definition) is 3. The second-order valence-electron chi connectivity index (χ2n) is 4.08. The fraction of sp³-hybridized carbons (Fsp3) is 0.154. The standard InChI is InChI=1S/C13H13N3O3S/c1-7(17)15-11-10(13(18)19)20-12(16-11)9-4-2-8(6-14)3-5-9/h2-5H,6,14H2,1H3,(H,15,17)(H,18,19). The molecule has 1 aromatic carbocycles. The van der Waals surface area contributed by atoms with Gasteiger partial charge in [0, 0.05) is 19.0 Å². The van der Waals surface area contributed by atoms with E-state index in [1.807, 2.05) is 24.3 Å². The van der Waals surface area contributed by atoms with Crippen molar-refractivity contribution in [2.45, 2.75) is 13.5 Å². The summed E-state index contributed by atoms with van der Waals surface area (Å²) in [5, 5.41) is 12.1. The third-order valence-electron chi connectivity index (χ3n) is 2.55. The van der Waals surface area contributed by atoms with Gasteiger partial charge in [-0.1, -0.05) is 24.3 Å². The minimum atomic E-state index is -1.11. The zero-order valence-electron chi connectivity index (χ0n) is 10.7. The first-order valence-corrected chi connectivity index (χ1v) is 6.64. The van der Waals surface area contributed by atoms with Crippen LogP contribution in [0.2, 0.25) is 0 Å². The maximum atomic E-state index is 11.2. The third-order valence-corrected chi connectivity index (χ3v) is 3.64. The van der Waals surface area contributed by atoms with Gasteiger partial charge in [0.1, 0.15) is 5.01 Å². The van der Waals surface area contributed by atoms with Crippen molar-refractivity contribution in [3.8, 4) is 10.6 Å². The van der Waals surface area contributed by atoms with Crippen LogP contribution >= 0.6 is 11.3 Å². The fourth-order valence-electron chi connectivity index (χ4n) is 1.62. The smallest absolute Gasteiger partial charge is 0.349 e. The van der Waals surface area contributed by atoms with E-state index in [4.69, 9.17) is 10.8 Å². The molecule has 0 radical (unpaired) electrons. The van der Waals surface area contributed by atoms with Crippen LogP contribution in [-0.4, -0.2) is 22.0 Å². The number of aromatic carboxylic acids is 1. The molecule has 1 heterocycles. The number of benzene rings is 1. The van der Waals surface area contributed by atoms with Gasteiger partial charge in [0.05, 0.1) is 0 Å². The van der Waals surface area contributed by atoms with Crippen LogP contribution < -0.4 is 11.1 Å². The Bertz CT molecular complexity index is 649. The van der Waals surface area contributed by atoms with E-state index in [0.717, 1.165) is 22.5 Å². The number of carboxylic acid groups (broad SMARTS) is 1. The molecule has 0 fully saturated rings. The minimum Gasteiger partial charge on any atom is -0.477 e. The average molecular weight is 291 g/mol. The topological polar surface area (TPSA) is 105 Å². The maximum Gasteiger partial charge on any atom is 0.349 e. The number of thiazole rings is 1. The lowest BCUT2D eigenvalue weighted by molar-refractivity contribution is -0.114. The van der Waals surface area contributed by atoms with E-state index in [1.165, 1.54) is 6.92 Å². The molecule has 104 valence electrons. The second kappa shape index (κ2) is 5.81. The van der Waals surface area contributed by atoms with Crippen LogP contribution in [0, 0.1) is 0 Å². The van der Waals surface area contributed by atoms with Crippen LogP contribution in [0.15, 0.2) is 24.3 Å². The molecule has 20 heavy (non-hydrogen) atoms. The zero-order valence-corrected chi connectivity index (χ0v) is 11.5. The predicted octanol–water partition coefficient (Wildman–Crippen LogP) is 1.93. The summed E-state index contributed by atoms with van der Waals surface area (Å²) < 4.78 is 0. The van der Waals surface area contributed by atoms with Crippen LogP contribution in [0.1, 0.15) is 22.2 Å². The second-order valence-corrected chi connectivity index (χ2v) is 5.08. The van der Waals surface area contributed by atoms with Crippen molar-refractivity contribution < 1.29 is 14.7 Å². The number of carbonyl (C=O) groups is 2. The maximum absolute atomic E-state index is 11.2. The molecule has 0 bridgehead atoms. The molecule has 6 nitrogen and oxygen atoms in total. The Morgan fingerprint density at radius 3 is 2.50 bits per heavy atom. The third kappa shape index (κ3) is 3.01. The Balaban J connectivity index is 2.41. The first-order valence-electron chi connectivity index (χ1n) is 5.82. The van der Waals surface area contributed by atoms with Crippen molar-refractivity contribution in [1.82, 2.24) is 4.98 Å². The van der Waals surface area contributed by atoms with Gasteiger partial charge in [-0.15, -0.1) is 11.3 Å². The lowest BCUT2D eigenvalue weighted by Crippen LogP contribution is -2.09. The molecule has 1 amide bonds. The Morgan fingerprint density at radius 2 is 2.00 bits per heavy atom. The molecule has 7 heteroatoms. The number of carboxylic acids is 1. The van der Waals surface area contributed by atoms with Crippen LogP contribution in [-0.2, 0) is 11.3 Å². The monoisotopic (exact) mass is 291 g/mol. The number of nitrogens with two attached hydrogens (primary N) is 1. The molecule has 0 aliphatic rings. The fourth-order valence-corrected chi connectivity index (χ4v) is 2.49. The predicted molar refractivity (Wildman–Crippen MR) is 76.7 cm³/mol. The number of aromatic nitrogens is 1. The van der Waals surface area contributed by atoms with Gasteiger partial charge >= 0.3 is 5.97 Å². The molecule has 0 aliphatic carbocycles. The highest BCUT2D eigenvalue weighted by Gasteiger charge is 2.19. The summed E-state index contributed by atoms with van der Waals surface area (Å²) in [5.41, 5.74) is 7.28. The summed E-state index contributed by atoms with van der Waals surface area (Å²) in [6.45, 7) is 1.75. The first-order chi connectivity index (χ1) is 9.51. The minimum absolute atomic E-state index is 0.0121. The number of amides is 1. The van der Waals surface area contributed by atoms with Crippen LogP contribution in [0.3, 0.4) is 0 Å². The van der Waals surface area contributed by atoms with E-state index in [2.05, 4.69) is 10.3 Å². The molecule has 2 rings (SSSR count). The van der Waals surface area contributed by atoms with Crippen molar-refractivity contribution in [2.75, 3.05) is 5.32 Å². The van der Waals surface area contributed by atoms with E-state index in [9.17, 15) is 9.59 Å². The molecular formula is C13H13N3O3S. The highest BCUT2D eigenvalue weighted by Crippen LogP contribution is 2.31. The van der Waals surface area contributed by atoms with Crippen LogP contribution in [0.4, 0.5) is 5.82 Å². The number of carbonyl (C=O) groups excluding carboxylic acids is 1. The Hall–Kier alpha value is -2.25. The van der Waals surface area contributed by atoms with Gasteiger partial charge in [-0.2, -0.15) is 0 Å². The normalized spacial score (nSPS) is 10.3. The van der Waals surface area contributed by atoms with Crippen molar-refractivity contribution in [3.63, 3.8) is 0 Å². The summed E-state index contributed by atoms with van der Waals surface area (Å²) >= 11 is 1.02. The Labute approximate surface area is 119 Å². The summed E-state index contributed by atoms with van der Waals surface area (Å²) in [4.78, 5) is 26.4. The van der Waals surface area contributed by atoms with Crippen LogP contribution in [0.25, 0.3) is 10.6 Å². The van der Waals surface area contributed by atoms with Gasteiger partial charge in [-0.3, -0.25) is 4.79 Å². The molecule has 0 spiro atoms. The van der Waals surface area contributed by atoms with E-state index in [-0.39, 0.29) is 16.6 Å². The van der Waals surface area contributed by atoms with Gasteiger partial charge in [0.2, 0.25) is 5.91 Å². The summed E-state index contributed by atoms with van der Waals surface area (Å²) in [7, 11) is 0. The number of anilines is 1. The van der Waals surface area contributed by atoms with E-state index < -0.39 is 5.97 Å². The van der Waals surface area contributed by atoms with Crippen molar-refractivity contribution in [1.29, 1.82) is 0 Å². The molecule has 0 saturated carbocycles. The highest BCUT2D eigenvalue weighted by atomic mass is 32.1. The number of rotatable bonds is 4. The molecular weight excluding hydrogens is 278 g/mol. The largest absolute Gasteiger partial charge is 0.477 e. The van der Waals surface area contributed by atoms with Crippen LogP contribution in [0.5, 0.6) is 0 Å². The molecule has 1 aromatic heterocycles. The van der Waals surface area contributed by atoms with E-state index >= 15 is 0 Å². The Morgan fingerprint density at radius 1 is 1.35 bits per heavy atom. The van der Waals surface area contributed by atoms with E-state index in [0.29, 0.717) is 11.6 Å². The van der Waals surface area contributed by atoms with Gasteiger partial charge in [-0.25, -0.2) is 9.78 Å². The van der Waals surface area contributed by atoms with Crippen molar-refractivity contribution in [2.24, 2.45) is 5.73 Å². The first kappa shape index (κ1) is 14.2. The van der Waals surface area contributed by atoms with Crippen molar-refractivity contribution >= 4 is 29.0 Å². The van der Waals surface area contributed by atoms with Gasteiger partial charge in [0.15, 0.2) is 10.7 Å². The Kier molecular flexibility index (Phi) is 4.11. The lowest BCUT2D eigenvalue weighted by atomic mass is 10.1. The molecule has 4 N–H and O–H groups in total. The molecule has 0 atom stereocenters. The van der Waals surface area contributed by atoms with Gasteiger partial charge in [-0.05, 0) is 5.56 Å². The number of hydrogen-bond acceptors (Lipinski definition) is 5. The SMILES string of the molecule is CC(=O)Nc1nc(-c2ccc(CN)cc2)sc1C(=O)O. The van der Waals surface area contributed by atoms with E-state index in [1.54, 1.807) is 0 Å². The van der Waals surface area contributed by atoms with Gasteiger partial charge < -0.3 is 16.2 Å². The quantitative estimate of drug-likeness (QED) is 0.798. The lowest BCUT2D eigenvalue weighted by Gasteiger charge is -1.99. The zero-order chi connectivity index (χ0) is 14.7. The number of nitrogens with zero attached hydrogens (tertiary/aromatic N) is 1.